The second-order valence-electron chi connectivity index (χ2n) is 4.20. The largest absolute Gasteiger partial charge is 0.353 e. The number of carbonyl (C=O) groups is 2. The lowest BCUT2D eigenvalue weighted by atomic mass is 10.1. The smallest absolute Gasteiger partial charge is 0.239 e. The fourth-order valence-corrected chi connectivity index (χ4v) is 1.60. The summed E-state index contributed by atoms with van der Waals surface area (Å²) >= 11 is 0. The zero-order valence-corrected chi connectivity index (χ0v) is 8.08. The van der Waals surface area contributed by atoms with Crippen LogP contribution in [-0.4, -0.2) is 41.9 Å². The van der Waals surface area contributed by atoms with Crippen molar-refractivity contribution >= 4 is 11.8 Å². The van der Waals surface area contributed by atoms with Crippen LogP contribution in [0.2, 0.25) is 0 Å². The molecule has 78 valence electrons. The van der Waals surface area contributed by atoms with Gasteiger partial charge in [-0.05, 0) is 12.8 Å². The zero-order valence-electron chi connectivity index (χ0n) is 8.08. The van der Waals surface area contributed by atoms with Crippen molar-refractivity contribution in [3.05, 3.63) is 0 Å². The Morgan fingerprint density at radius 2 is 2.29 bits per heavy atom. The molecule has 2 amide bonds. The molecule has 0 aromatic heterocycles. The van der Waals surface area contributed by atoms with Crippen LogP contribution in [-0.2, 0) is 9.59 Å². The summed E-state index contributed by atoms with van der Waals surface area (Å²) in [6.45, 7) is 1.36. The molecule has 0 atom stereocenters. The maximum Gasteiger partial charge on any atom is 0.239 e. The van der Waals surface area contributed by atoms with Crippen molar-refractivity contribution in [2.75, 3.05) is 19.6 Å². The summed E-state index contributed by atoms with van der Waals surface area (Å²) in [6.07, 6.45) is 2.25. The maximum atomic E-state index is 11.7. The van der Waals surface area contributed by atoms with Gasteiger partial charge in [-0.25, -0.2) is 0 Å². The third kappa shape index (κ3) is 2.04. The summed E-state index contributed by atoms with van der Waals surface area (Å²) in [5, 5.41) is 2.68. The van der Waals surface area contributed by atoms with E-state index in [1.807, 2.05) is 0 Å². The van der Waals surface area contributed by atoms with E-state index in [2.05, 4.69) is 5.32 Å². The third-order valence-corrected chi connectivity index (χ3v) is 2.79. The first-order valence-electron chi connectivity index (χ1n) is 4.92. The highest BCUT2D eigenvalue weighted by atomic mass is 16.2. The standard InChI is InChI=1S/C9H15N3O2/c10-9(1-2-9)5-8(14)12-4-3-11-7(13)6-12/h1-6,10H2,(H,11,13). The molecular weight excluding hydrogens is 182 g/mol. The molecule has 5 nitrogen and oxygen atoms in total. The van der Waals surface area contributed by atoms with E-state index in [0.29, 0.717) is 19.5 Å². The van der Waals surface area contributed by atoms with Gasteiger partial charge in [-0.2, -0.15) is 0 Å². The van der Waals surface area contributed by atoms with Gasteiger partial charge >= 0.3 is 0 Å². The van der Waals surface area contributed by atoms with Gasteiger partial charge in [-0.15, -0.1) is 0 Å². The SMILES string of the molecule is NC1(CC(=O)N2CCNC(=O)C2)CC1. The summed E-state index contributed by atoms with van der Waals surface area (Å²) < 4.78 is 0. The second-order valence-corrected chi connectivity index (χ2v) is 4.20. The Hall–Kier alpha value is -1.10. The number of amides is 2. The Labute approximate surface area is 82.6 Å². The van der Waals surface area contributed by atoms with Gasteiger partial charge in [0.05, 0.1) is 6.54 Å². The lowest BCUT2D eigenvalue weighted by Gasteiger charge is -2.27. The summed E-state index contributed by atoms with van der Waals surface area (Å²) in [4.78, 5) is 24.3. The van der Waals surface area contributed by atoms with Gasteiger partial charge < -0.3 is 16.0 Å². The quantitative estimate of drug-likeness (QED) is 0.585. The molecule has 5 heteroatoms. The Kier molecular flexibility index (Phi) is 2.19. The number of rotatable bonds is 2. The molecule has 1 saturated carbocycles. The molecule has 0 radical (unpaired) electrons. The third-order valence-electron chi connectivity index (χ3n) is 2.79. The second kappa shape index (κ2) is 3.24. The summed E-state index contributed by atoms with van der Waals surface area (Å²) in [7, 11) is 0. The Bertz CT molecular complexity index is 273. The molecule has 2 fully saturated rings. The fourth-order valence-electron chi connectivity index (χ4n) is 1.60. The minimum Gasteiger partial charge on any atom is -0.353 e. The molecule has 0 bridgehead atoms. The van der Waals surface area contributed by atoms with Crippen molar-refractivity contribution in [3.63, 3.8) is 0 Å². The highest BCUT2D eigenvalue weighted by molar-refractivity contribution is 5.86. The van der Waals surface area contributed by atoms with E-state index in [-0.39, 0.29) is 23.9 Å². The van der Waals surface area contributed by atoms with Gasteiger partial charge in [-0.3, -0.25) is 9.59 Å². The molecule has 2 rings (SSSR count). The zero-order chi connectivity index (χ0) is 10.2. The van der Waals surface area contributed by atoms with E-state index in [9.17, 15) is 9.59 Å². The van der Waals surface area contributed by atoms with E-state index in [4.69, 9.17) is 5.73 Å². The van der Waals surface area contributed by atoms with Crippen LogP contribution in [0.5, 0.6) is 0 Å². The van der Waals surface area contributed by atoms with Crippen LogP contribution in [0.25, 0.3) is 0 Å². The number of hydrogen-bond acceptors (Lipinski definition) is 3. The van der Waals surface area contributed by atoms with E-state index >= 15 is 0 Å². The van der Waals surface area contributed by atoms with E-state index < -0.39 is 0 Å². The van der Waals surface area contributed by atoms with Crippen molar-refractivity contribution in [1.82, 2.24) is 10.2 Å². The number of hydrogen-bond donors (Lipinski definition) is 2. The molecule has 1 heterocycles. The van der Waals surface area contributed by atoms with E-state index in [1.54, 1.807) is 4.90 Å². The topological polar surface area (TPSA) is 75.4 Å². The first-order valence-corrected chi connectivity index (χ1v) is 4.92. The van der Waals surface area contributed by atoms with Gasteiger partial charge in [0.1, 0.15) is 0 Å². The predicted octanol–water partition coefficient (Wildman–Crippen LogP) is -1.17. The van der Waals surface area contributed by atoms with Crippen LogP contribution in [0.4, 0.5) is 0 Å². The van der Waals surface area contributed by atoms with Crippen LogP contribution in [0.15, 0.2) is 0 Å². The number of nitrogens with zero attached hydrogens (tertiary/aromatic N) is 1. The van der Waals surface area contributed by atoms with Crippen LogP contribution in [0.3, 0.4) is 0 Å². The molecule has 1 aliphatic carbocycles. The van der Waals surface area contributed by atoms with Gasteiger partial charge in [0.2, 0.25) is 11.8 Å². The maximum absolute atomic E-state index is 11.7. The normalized spacial score (nSPS) is 24.4. The average Bonchev–Trinajstić information content (AvgIpc) is 2.83. The van der Waals surface area contributed by atoms with E-state index in [0.717, 1.165) is 12.8 Å². The van der Waals surface area contributed by atoms with Crippen LogP contribution < -0.4 is 11.1 Å². The van der Waals surface area contributed by atoms with Crippen molar-refractivity contribution in [2.24, 2.45) is 5.73 Å². The molecule has 0 unspecified atom stereocenters. The molecule has 0 spiro atoms. The first kappa shape index (κ1) is 9.45. The molecule has 3 N–H and O–H groups in total. The highest BCUT2D eigenvalue weighted by Crippen LogP contribution is 2.35. The van der Waals surface area contributed by atoms with Crippen molar-refractivity contribution in [2.45, 2.75) is 24.8 Å². The lowest BCUT2D eigenvalue weighted by molar-refractivity contribution is -0.138. The minimum atomic E-state index is -0.259. The Morgan fingerprint density at radius 3 is 2.86 bits per heavy atom. The molecule has 2 aliphatic rings. The first-order chi connectivity index (χ1) is 6.59. The molecule has 0 aromatic rings. The molecule has 14 heavy (non-hydrogen) atoms. The summed E-state index contributed by atoms with van der Waals surface area (Å²) in [6, 6.07) is 0. The number of carbonyl (C=O) groups excluding carboxylic acids is 2. The Morgan fingerprint density at radius 1 is 1.57 bits per heavy atom. The molecule has 1 saturated heterocycles. The molecule has 1 aliphatic heterocycles. The van der Waals surface area contributed by atoms with Crippen LogP contribution in [0.1, 0.15) is 19.3 Å². The summed E-state index contributed by atoms with van der Waals surface area (Å²) in [5.41, 5.74) is 5.58. The highest BCUT2D eigenvalue weighted by Gasteiger charge is 2.41. The lowest BCUT2D eigenvalue weighted by Crippen LogP contribution is -2.51. The average molecular weight is 197 g/mol. The van der Waals surface area contributed by atoms with Gasteiger partial charge in [0.15, 0.2) is 0 Å². The predicted molar refractivity (Wildman–Crippen MR) is 50.4 cm³/mol. The van der Waals surface area contributed by atoms with Crippen molar-refractivity contribution in [3.8, 4) is 0 Å². The molecule has 0 aromatic carbocycles. The summed E-state index contributed by atoms with van der Waals surface area (Å²) in [5.74, 6) is -0.0636. The van der Waals surface area contributed by atoms with Gasteiger partial charge in [0.25, 0.3) is 0 Å². The minimum absolute atomic E-state index is 0.0138. The number of nitrogens with two attached hydrogens (primary N) is 1. The molecular formula is C9H15N3O2. The van der Waals surface area contributed by atoms with Crippen molar-refractivity contribution in [1.29, 1.82) is 0 Å². The van der Waals surface area contributed by atoms with Crippen molar-refractivity contribution < 1.29 is 9.59 Å². The number of piperazine rings is 1. The number of nitrogens with one attached hydrogen (secondary N) is 1. The van der Waals surface area contributed by atoms with Gasteiger partial charge in [-0.1, -0.05) is 0 Å². The van der Waals surface area contributed by atoms with Gasteiger partial charge in [0, 0.05) is 25.0 Å². The monoisotopic (exact) mass is 197 g/mol. The Balaban J connectivity index is 1.87. The van der Waals surface area contributed by atoms with Crippen LogP contribution >= 0.6 is 0 Å². The fraction of sp³-hybridized carbons (Fsp3) is 0.778. The van der Waals surface area contributed by atoms with E-state index in [1.165, 1.54) is 0 Å². The van der Waals surface area contributed by atoms with Crippen LogP contribution in [0, 0.1) is 0 Å².